The lowest BCUT2D eigenvalue weighted by molar-refractivity contribution is 0.00642. The number of ether oxygens (including phenoxy) is 1. The van der Waals surface area contributed by atoms with Gasteiger partial charge in [0.25, 0.3) is 5.91 Å². The fraction of sp³-hybridized carbons (Fsp3) is 0.192. The Balaban J connectivity index is 1.59. The van der Waals surface area contributed by atoms with E-state index in [0.29, 0.717) is 34.4 Å². The van der Waals surface area contributed by atoms with E-state index >= 15 is 0 Å². The van der Waals surface area contributed by atoms with Gasteiger partial charge in [0.05, 0.1) is 11.7 Å². The van der Waals surface area contributed by atoms with Gasteiger partial charge in [-0.3, -0.25) is 4.79 Å². The number of hydrogen-bond acceptors (Lipinski definition) is 4. The van der Waals surface area contributed by atoms with Crippen LogP contribution < -0.4 is 10.6 Å². The standard InChI is InChI=1S/C26H22F2N2O3/c1-14-19-11-20-22(12-21(19)30-13-23(32-14)15-3-7-17(27)8-4-15)33-25(24(20)26(31)29-2)16-5-9-18(28)10-6-16/h3-12,14,23,30H,13H2,1-2H3,(H,29,31). The lowest BCUT2D eigenvalue weighted by atomic mass is 10.0. The number of fused-ring (bicyclic) bond motifs is 2. The van der Waals surface area contributed by atoms with E-state index in [4.69, 9.17) is 9.15 Å². The highest BCUT2D eigenvalue weighted by molar-refractivity contribution is 6.11. The highest BCUT2D eigenvalue weighted by Gasteiger charge is 2.27. The molecule has 3 aromatic carbocycles. The highest BCUT2D eigenvalue weighted by atomic mass is 19.1. The third-order valence-electron chi connectivity index (χ3n) is 5.95. The van der Waals surface area contributed by atoms with Crippen LogP contribution in [0.1, 0.15) is 40.6 Å². The molecule has 0 aliphatic carbocycles. The van der Waals surface area contributed by atoms with Crippen LogP contribution in [0.15, 0.2) is 65.1 Å². The molecule has 2 N–H and O–H groups in total. The molecule has 5 rings (SSSR count). The van der Waals surface area contributed by atoms with Crippen LogP contribution in [0.4, 0.5) is 14.5 Å². The van der Waals surface area contributed by atoms with Crippen molar-refractivity contribution in [2.45, 2.75) is 19.1 Å². The van der Waals surface area contributed by atoms with Crippen molar-refractivity contribution < 1.29 is 22.7 Å². The normalized spacial score (nSPS) is 17.8. The molecule has 1 amide bonds. The van der Waals surface area contributed by atoms with E-state index in [1.165, 1.54) is 24.3 Å². The van der Waals surface area contributed by atoms with E-state index in [1.807, 2.05) is 19.1 Å². The molecule has 0 spiro atoms. The van der Waals surface area contributed by atoms with Crippen molar-refractivity contribution in [1.29, 1.82) is 0 Å². The Kier molecular flexibility index (Phi) is 5.34. The molecule has 0 radical (unpaired) electrons. The van der Waals surface area contributed by atoms with Gasteiger partial charge in [-0.1, -0.05) is 12.1 Å². The average Bonchev–Trinajstić information content (AvgIpc) is 3.11. The zero-order chi connectivity index (χ0) is 23.1. The van der Waals surface area contributed by atoms with Crippen LogP contribution in [-0.4, -0.2) is 19.5 Å². The Morgan fingerprint density at radius 2 is 1.70 bits per heavy atom. The minimum atomic E-state index is -0.367. The number of halogens is 2. The molecule has 1 aliphatic rings. The summed E-state index contributed by atoms with van der Waals surface area (Å²) < 4.78 is 39.2. The Hall–Kier alpha value is -3.71. The van der Waals surface area contributed by atoms with E-state index in [-0.39, 0.29) is 29.7 Å². The van der Waals surface area contributed by atoms with E-state index in [9.17, 15) is 13.6 Å². The molecule has 7 heteroatoms. The number of carbonyl (C=O) groups is 1. The fourth-order valence-corrected chi connectivity index (χ4v) is 4.25. The molecule has 2 unspecified atom stereocenters. The van der Waals surface area contributed by atoms with Crippen LogP contribution in [0.5, 0.6) is 0 Å². The maximum Gasteiger partial charge on any atom is 0.255 e. The monoisotopic (exact) mass is 448 g/mol. The van der Waals surface area contributed by atoms with E-state index < -0.39 is 0 Å². The van der Waals surface area contributed by atoms with Crippen LogP contribution >= 0.6 is 0 Å². The summed E-state index contributed by atoms with van der Waals surface area (Å²) in [4.78, 5) is 12.8. The molecule has 2 heterocycles. The second-order valence-electron chi connectivity index (χ2n) is 8.03. The Bertz CT molecular complexity index is 1330. The van der Waals surface area contributed by atoms with Gasteiger partial charge < -0.3 is 19.8 Å². The summed E-state index contributed by atoms with van der Waals surface area (Å²) in [6.45, 7) is 2.43. The van der Waals surface area contributed by atoms with Crippen molar-refractivity contribution in [3.8, 4) is 11.3 Å². The smallest absolute Gasteiger partial charge is 0.255 e. The first-order chi connectivity index (χ1) is 15.9. The summed E-state index contributed by atoms with van der Waals surface area (Å²) in [5, 5.41) is 6.71. The molecule has 0 saturated carbocycles. The van der Waals surface area contributed by atoms with E-state index in [2.05, 4.69) is 10.6 Å². The molecule has 168 valence electrons. The van der Waals surface area contributed by atoms with Gasteiger partial charge >= 0.3 is 0 Å². The highest BCUT2D eigenvalue weighted by Crippen LogP contribution is 2.41. The third kappa shape index (κ3) is 3.85. The molecule has 0 fully saturated rings. The van der Waals surface area contributed by atoms with Crippen molar-refractivity contribution in [3.05, 3.63) is 89.0 Å². The summed E-state index contributed by atoms with van der Waals surface area (Å²) in [5.41, 5.74) is 4.11. The molecule has 1 aromatic heterocycles. The molecule has 0 saturated heterocycles. The van der Waals surface area contributed by atoms with Gasteiger partial charge in [0.15, 0.2) is 0 Å². The quantitative estimate of drug-likeness (QED) is 0.405. The van der Waals surface area contributed by atoms with Crippen molar-refractivity contribution in [3.63, 3.8) is 0 Å². The number of carbonyl (C=O) groups excluding carboxylic acids is 1. The van der Waals surface area contributed by atoms with Crippen molar-refractivity contribution in [2.24, 2.45) is 0 Å². The fourth-order valence-electron chi connectivity index (χ4n) is 4.25. The molecule has 5 nitrogen and oxygen atoms in total. The number of furan rings is 1. The summed E-state index contributed by atoms with van der Waals surface area (Å²) in [6, 6.07) is 15.9. The molecule has 2 atom stereocenters. The molecule has 0 bridgehead atoms. The van der Waals surface area contributed by atoms with Crippen molar-refractivity contribution in [2.75, 3.05) is 18.9 Å². The summed E-state index contributed by atoms with van der Waals surface area (Å²) in [7, 11) is 1.56. The van der Waals surface area contributed by atoms with Crippen LogP contribution in [-0.2, 0) is 4.74 Å². The first-order valence-corrected chi connectivity index (χ1v) is 10.7. The summed E-state index contributed by atoms with van der Waals surface area (Å²) in [6.07, 6.45) is -0.566. The van der Waals surface area contributed by atoms with Crippen LogP contribution in [0, 0.1) is 11.6 Å². The second-order valence-corrected chi connectivity index (χ2v) is 8.03. The van der Waals surface area contributed by atoms with Gasteiger partial charge in [-0.25, -0.2) is 8.78 Å². The van der Waals surface area contributed by atoms with E-state index in [0.717, 1.165) is 16.8 Å². The summed E-state index contributed by atoms with van der Waals surface area (Å²) >= 11 is 0. The molecular formula is C26H22F2N2O3. The summed E-state index contributed by atoms with van der Waals surface area (Å²) in [5.74, 6) is -0.584. The van der Waals surface area contributed by atoms with Crippen LogP contribution in [0.2, 0.25) is 0 Å². The van der Waals surface area contributed by atoms with Gasteiger partial charge in [-0.05, 0) is 55.0 Å². The minimum absolute atomic E-state index is 0.271. The van der Waals surface area contributed by atoms with Crippen molar-refractivity contribution in [1.82, 2.24) is 5.32 Å². The maximum absolute atomic E-state index is 13.4. The minimum Gasteiger partial charge on any atom is -0.455 e. The zero-order valence-electron chi connectivity index (χ0n) is 18.1. The van der Waals surface area contributed by atoms with Gasteiger partial charge in [0.1, 0.15) is 29.1 Å². The number of nitrogens with one attached hydrogen (secondary N) is 2. The first-order valence-electron chi connectivity index (χ1n) is 10.7. The number of hydrogen-bond donors (Lipinski definition) is 2. The number of anilines is 1. The predicted octanol–water partition coefficient (Wildman–Crippen LogP) is 5.98. The molecule has 4 aromatic rings. The van der Waals surface area contributed by atoms with Gasteiger partial charge in [0, 0.05) is 41.9 Å². The molecule has 33 heavy (non-hydrogen) atoms. The second kappa shape index (κ2) is 8.33. The maximum atomic E-state index is 13.4. The van der Waals surface area contributed by atoms with Crippen molar-refractivity contribution >= 4 is 22.6 Å². The Morgan fingerprint density at radius 3 is 2.36 bits per heavy atom. The SMILES string of the molecule is CNC(=O)c1c(-c2ccc(F)cc2)oc2cc3c(cc12)C(C)OC(c1ccc(F)cc1)CN3. The zero-order valence-corrected chi connectivity index (χ0v) is 18.1. The number of benzene rings is 3. The molecular weight excluding hydrogens is 426 g/mol. The first kappa shape index (κ1) is 21.2. The largest absolute Gasteiger partial charge is 0.455 e. The van der Waals surface area contributed by atoms with Gasteiger partial charge in [0.2, 0.25) is 0 Å². The number of rotatable bonds is 3. The van der Waals surface area contributed by atoms with E-state index in [1.54, 1.807) is 31.3 Å². The third-order valence-corrected chi connectivity index (χ3v) is 5.95. The van der Waals surface area contributed by atoms with Gasteiger partial charge in [-0.15, -0.1) is 0 Å². The Morgan fingerprint density at radius 1 is 1.03 bits per heavy atom. The molecule has 1 aliphatic heterocycles. The predicted molar refractivity (Wildman–Crippen MR) is 122 cm³/mol. The lowest BCUT2D eigenvalue weighted by Gasteiger charge is -2.19. The average molecular weight is 448 g/mol. The lowest BCUT2D eigenvalue weighted by Crippen LogP contribution is -2.18. The Labute approximate surface area is 189 Å². The van der Waals surface area contributed by atoms with Crippen LogP contribution in [0.3, 0.4) is 0 Å². The number of amides is 1. The van der Waals surface area contributed by atoms with Gasteiger partial charge in [-0.2, -0.15) is 0 Å². The van der Waals surface area contributed by atoms with Crippen LogP contribution in [0.25, 0.3) is 22.3 Å². The topological polar surface area (TPSA) is 63.5 Å².